The number of amides is 1. The van der Waals surface area contributed by atoms with Crippen molar-refractivity contribution in [1.82, 2.24) is 9.55 Å². The molecule has 6 nitrogen and oxygen atoms in total. The Hall–Kier alpha value is -2.12. The largest absolute Gasteiger partial charge is 0.349 e. The van der Waals surface area contributed by atoms with E-state index in [-0.39, 0.29) is 17.3 Å². The van der Waals surface area contributed by atoms with E-state index in [0.29, 0.717) is 6.54 Å². The first-order valence-electron chi connectivity index (χ1n) is 10.9. The summed E-state index contributed by atoms with van der Waals surface area (Å²) in [5.41, 5.74) is 4.17. The van der Waals surface area contributed by atoms with Crippen molar-refractivity contribution in [2.45, 2.75) is 57.0 Å². The number of rotatable bonds is 10. The fourth-order valence-corrected chi connectivity index (χ4v) is 4.61. The van der Waals surface area contributed by atoms with E-state index in [0.717, 1.165) is 54.2 Å². The van der Waals surface area contributed by atoms with E-state index in [1.165, 1.54) is 35.1 Å². The number of carbonyl (C=O) groups excluding carboxylic acids is 1. The summed E-state index contributed by atoms with van der Waals surface area (Å²) in [6.07, 6.45) is 6.31. The fraction of sp³-hybridized carbons (Fsp3) is 0.522. The normalized spacial score (nSPS) is 12.9. The van der Waals surface area contributed by atoms with E-state index in [4.69, 9.17) is 0 Å². The predicted octanol–water partition coefficient (Wildman–Crippen LogP) is 1.95. The van der Waals surface area contributed by atoms with Crippen molar-refractivity contribution in [2.75, 3.05) is 31.7 Å². The van der Waals surface area contributed by atoms with Crippen LogP contribution in [0.3, 0.4) is 0 Å². The monoisotopic (exact) mass is 429 g/mol. The Kier molecular flexibility index (Phi) is 8.10. The van der Waals surface area contributed by atoms with Crippen LogP contribution < -0.4 is 15.9 Å². The van der Waals surface area contributed by atoms with Crippen LogP contribution in [0.4, 0.5) is 5.69 Å². The van der Waals surface area contributed by atoms with Crippen molar-refractivity contribution >= 4 is 23.4 Å². The van der Waals surface area contributed by atoms with Gasteiger partial charge in [0.1, 0.15) is 5.03 Å². The molecule has 0 radical (unpaired) electrons. The Morgan fingerprint density at radius 1 is 1.23 bits per heavy atom. The van der Waals surface area contributed by atoms with Gasteiger partial charge in [-0.25, -0.2) is 4.79 Å². The lowest BCUT2D eigenvalue weighted by molar-refractivity contribution is -0.859. The number of benzene rings is 1. The van der Waals surface area contributed by atoms with Gasteiger partial charge in [-0.15, -0.1) is 0 Å². The van der Waals surface area contributed by atoms with Gasteiger partial charge >= 0.3 is 5.69 Å². The summed E-state index contributed by atoms with van der Waals surface area (Å²) in [6.45, 7) is 3.76. The molecule has 7 heteroatoms. The maximum Gasteiger partial charge on any atom is 0.349 e. The number of likely N-dealkylation sites (N-methyl/N-ethyl adjacent to an activating group) is 1. The van der Waals surface area contributed by atoms with Crippen LogP contribution in [0, 0.1) is 0 Å². The summed E-state index contributed by atoms with van der Waals surface area (Å²) in [5, 5.41) is 3.68. The SMILES string of the molecule is CCCCc1ccc(NC(=O)CSc2nc(=O)n(CC[NH+](C)C)c3c2CCC3)cc1. The second kappa shape index (κ2) is 10.8. The Bertz CT molecular complexity index is 922. The lowest BCUT2D eigenvalue weighted by Gasteiger charge is -2.15. The zero-order valence-corrected chi connectivity index (χ0v) is 19.1. The van der Waals surface area contributed by atoms with Gasteiger partial charge in [-0.2, -0.15) is 4.98 Å². The number of carbonyl (C=O) groups is 1. The standard InChI is InChI=1S/C23H32N4O2S/c1-4-5-7-17-10-12-18(13-11-17)24-21(28)16-30-22-19-8-6-9-20(19)27(23(29)25-22)15-14-26(2)3/h10-13H,4-9,14-16H2,1-3H3,(H,24,28)/p+1. The molecule has 0 bridgehead atoms. The van der Waals surface area contributed by atoms with Crippen LogP contribution in [0.15, 0.2) is 34.1 Å². The molecule has 1 amide bonds. The molecule has 0 fully saturated rings. The van der Waals surface area contributed by atoms with E-state index in [9.17, 15) is 9.59 Å². The highest BCUT2D eigenvalue weighted by Gasteiger charge is 2.22. The number of anilines is 1. The summed E-state index contributed by atoms with van der Waals surface area (Å²) in [4.78, 5) is 30.6. The molecule has 1 aliphatic rings. The van der Waals surface area contributed by atoms with Crippen LogP contribution in [0.5, 0.6) is 0 Å². The van der Waals surface area contributed by atoms with Gasteiger partial charge in [-0.3, -0.25) is 9.36 Å². The van der Waals surface area contributed by atoms with Crippen LogP contribution in [0.25, 0.3) is 0 Å². The van der Waals surface area contributed by atoms with Gasteiger partial charge in [-0.05, 0) is 49.8 Å². The molecule has 162 valence electrons. The van der Waals surface area contributed by atoms with Gasteiger partial charge in [0, 0.05) is 16.9 Å². The Morgan fingerprint density at radius 3 is 2.70 bits per heavy atom. The molecule has 2 aromatic rings. The number of aryl methyl sites for hydroxylation is 1. The van der Waals surface area contributed by atoms with Crippen molar-refractivity contribution in [1.29, 1.82) is 0 Å². The minimum absolute atomic E-state index is 0.0739. The molecule has 1 aliphatic carbocycles. The number of hydrogen-bond acceptors (Lipinski definition) is 4. The highest BCUT2D eigenvalue weighted by atomic mass is 32.2. The molecule has 1 aromatic carbocycles. The molecule has 0 aliphatic heterocycles. The highest BCUT2D eigenvalue weighted by molar-refractivity contribution is 8.00. The lowest BCUT2D eigenvalue weighted by atomic mass is 10.1. The molecule has 3 rings (SSSR count). The van der Waals surface area contributed by atoms with Gasteiger partial charge in [0.05, 0.1) is 32.9 Å². The topological polar surface area (TPSA) is 68.4 Å². The van der Waals surface area contributed by atoms with Gasteiger partial charge in [0.15, 0.2) is 0 Å². The third kappa shape index (κ3) is 5.95. The van der Waals surface area contributed by atoms with E-state index in [1.807, 2.05) is 16.7 Å². The van der Waals surface area contributed by atoms with Crippen molar-refractivity contribution in [2.24, 2.45) is 0 Å². The average Bonchev–Trinajstić information content (AvgIpc) is 3.20. The third-order valence-corrected chi connectivity index (χ3v) is 6.45. The second-order valence-electron chi connectivity index (χ2n) is 8.22. The summed E-state index contributed by atoms with van der Waals surface area (Å²) < 4.78 is 1.83. The highest BCUT2D eigenvalue weighted by Crippen LogP contribution is 2.29. The zero-order chi connectivity index (χ0) is 21.5. The van der Waals surface area contributed by atoms with Crippen molar-refractivity contribution in [3.63, 3.8) is 0 Å². The molecule has 1 heterocycles. The zero-order valence-electron chi connectivity index (χ0n) is 18.3. The number of thioether (sulfide) groups is 1. The Morgan fingerprint density at radius 2 is 2.00 bits per heavy atom. The van der Waals surface area contributed by atoms with E-state index >= 15 is 0 Å². The molecular weight excluding hydrogens is 396 g/mol. The van der Waals surface area contributed by atoms with Gasteiger partial charge in [0.25, 0.3) is 0 Å². The number of quaternary nitrogens is 1. The minimum atomic E-state index is -0.192. The maximum absolute atomic E-state index is 12.6. The first kappa shape index (κ1) is 22.6. The smallest absolute Gasteiger partial charge is 0.338 e. The molecule has 30 heavy (non-hydrogen) atoms. The summed E-state index contributed by atoms with van der Waals surface area (Å²) in [5.74, 6) is 0.178. The van der Waals surface area contributed by atoms with E-state index in [1.54, 1.807) is 0 Å². The molecule has 1 aromatic heterocycles. The Balaban J connectivity index is 1.61. The lowest BCUT2D eigenvalue weighted by Crippen LogP contribution is -3.06. The van der Waals surface area contributed by atoms with Gasteiger partial charge in [0.2, 0.25) is 5.91 Å². The second-order valence-corrected chi connectivity index (χ2v) is 9.19. The predicted molar refractivity (Wildman–Crippen MR) is 123 cm³/mol. The third-order valence-electron chi connectivity index (χ3n) is 5.43. The van der Waals surface area contributed by atoms with Crippen LogP contribution in [-0.2, 0) is 30.6 Å². The molecule has 0 atom stereocenters. The minimum Gasteiger partial charge on any atom is -0.338 e. The molecule has 0 unspecified atom stereocenters. The summed E-state index contributed by atoms with van der Waals surface area (Å²) >= 11 is 1.37. The van der Waals surface area contributed by atoms with Gasteiger partial charge < -0.3 is 10.2 Å². The average molecular weight is 430 g/mol. The molecule has 0 saturated heterocycles. The van der Waals surface area contributed by atoms with Crippen molar-refractivity contribution in [3.05, 3.63) is 51.6 Å². The van der Waals surface area contributed by atoms with Crippen molar-refractivity contribution in [3.8, 4) is 0 Å². The van der Waals surface area contributed by atoms with E-state index < -0.39 is 0 Å². The summed E-state index contributed by atoms with van der Waals surface area (Å²) in [7, 11) is 4.17. The summed E-state index contributed by atoms with van der Waals surface area (Å²) in [6, 6.07) is 8.05. The number of nitrogens with one attached hydrogen (secondary N) is 2. The van der Waals surface area contributed by atoms with Crippen LogP contribution >= 0.6 is 11.8 Å². The van der Waals surface area contributed by atoms with Crippen LogP contribution in [-0.4, -0.2) is 41.9 Å². The molecule has 0 saturated carbocycles. The number of fused-ring (bicyclic) bond motifs is 1. The van der Waals surface area contributed by atoms with E-state index in [2.05, 4.69) is 43.5 Å². The van der Waals surface area contributed by atoms with Gasteiger partial charge in [-0.1, -0.05) is 37.2 Å². The maximum atomic E-state index is 12.6. The molecule has 2 N–H and O–H groups in total. The number of nitrogens with zero attached hydrogens (tertiary/aromatic N) is 2. The molecular formula is C23H33N4O2S+. The number of aromatic nitrogens is 2. The van der Waals surface area contributed by atoms with Crippen LogP contribution in [0.1, 0.15) is 43.0 Å². The first-order chi connectivity index (χ1) is 14.5. The Labute approximate surface area is 183 Å². The fourth-order valence-electron chi connectivity index (χ4n) is 3.74. The van der Waals surface area contributed by atoms with Crippen molar-refractivity contribution < 1.29 is 9.69 Å². The first-order valence-corrected chi connectivity index (χ1v) is 11.9. The molecule has 0 spiro atoms. The van der Waals surface area contributed by atoms with Crippen LogP contribution in [0.2, 0.25) is 0 Å². The quantitative estimate of drug-likeness (QED) is 0.447. The number of hydrogen-bond donors (Lipinski definition) is 2. The number of unbranched alkanes of at least 4 members (excludes halogenated alkanes) is 1.